The van der Waals surface area contributed by atoms with Gasteiger partial charge in [0.1, 0.15) is 17.1 Å². The Kier molecular flexibility index (Phi) is 3.36. The van der Waals surface area contributed by atoms with E-state index < -0.39 is 5.82 Å². The molecule has 0 amide bonds. The largest absolute Gasteiger partial charge is 0.497 e. The van der Waals surface area contributed by atoms with Crippen LogP contribution in [0.5, 0.6) is 5.75 Å². The molecule has 0 aliphatic carbocycles. The van der Waals surface area contributed by atoms with Gasteiger partial charge < -0.3 is 4.74 Å². The second kappa shape index (κ2) is 4.94. The van der Waals surface area contributed by atoms with Gasteiger partial charge in [-0.3, -0.25) is 0 Å². The Hall–Kier alpha value is -1.62. The third-order valence-corrected chi connectivity index (χ3v) is 2.87. The van der Waals surface area contributed by atoms with Crippen LogP contribution in [0.1, 0.15) is 0 Å². The zero-order valence-corrected chi connectivity index (χ0v) is 9.37. The molecule has 0 aliphatic rings. The van der Waals surface area contributed by atoms with E-state index >= 15 is 0 Å². The number of halogens is 1. The smallest absolute Gasteiger partial charge is 0.174 e. The lowest BCUT2D eigenvalue weighted by Gasteiger charge is -2.03. The lowest BCUT2D eigenvalue weighted by Crippen LogP contribution is -1.88. The van der Waals surface area contributed by atoms with Crippen molar-refractivity contribution in [2.24, 2.45) is 0 Å². The average molecular weight is 236 g/mol. The number of methoxy groups -OCH3 is 1. The van der Waals surface area contributed by atoms with Crippen LogP contribution in [0.3, 0.4) is 0 Å². The van der Waals surface area contributed by atoms with Crippen molar-refractivity contribution in [2.45, 2.75) is 9.92 Å². The molecule has 3 nitrogen and oxygen atoms in total. The highest BCUT2D eigenvalue weighted by atomic mass is 32.2. The number of nitrogens with zero attached hydrogens (tertiary/aromatic N) is 2. The molecule has 1 aromatic carbocycles. The van der Waals surface area contributed by atoms with Gasteiger partial charge in [-0.1, -0.05) is 17.8 Å². The van der Waals surface area contributed by atoms with Gasteiger partial charge in [0.25, 0.3) is 0 Å². The van der Waals surface area contributed by atoms with Gasteiger partial charge in [-0.05, 0) is 18.2 Å². The molecule has 0 radical (unpaired) electrons. The summed E-state index contributed by atoms with van der Waals surface area (Å²) in [6.45, 7) is 0. The molecule has 0 spiro atoms. The SMILES string of the molecule is COc1cccc(Sc2ncncc2F)c1. The third-order valence-electron chi connectivity index (χ3n) is 1.89. The highest BCUT2D eigenvalue weighted by Gasteiger charge is 2.05. The standard InChI is InChI=1S/C11H9FN2OS/c1-15-8-3-2-4-9(5-8)16-11-10(12)6-13-7-14-11/h2-7H,1H3. The predicted octanol–water partition coefficient (Wildman–Crippen LogP) is 2.78. The lowest BCUT2D eigenvalue weighted by molar-refractivity contribution is 0.413. The zero-order chi connectivity index (χ0) is 11.4. The van der Waals surface area contributed by atoms with E-state index in [-0.39, 0.29) is 0 Å². The van der Waals surface area contributed by atoms with Gasteiger partial charge >= 0.3 is 0 Å². The van der Waals surface area contributed by atoms with Crippen LogP contribution in [0.25, 0.3) is 0 Å². The molecule has 0 unspecified atom stereocenters. The summed E-state index contributed by atoms with van der Waals surface area (Å²) in [4.78, 5) is 8.33. The molecule has 1 aromatic heterocycles. The Morgan fingerprint density at radius 1 is 1.38 bits per heavy atom. The predicted molar refractivity (Wildman–Crippen MR) is 59.1 cm³/mol. The molecular weight excluding hydrogens is 227 g/mol. The van der Waals surface area contributed by atoms with Crippen LogP contribution in [0, 0.1) is 5.82 Å². The maximum atomic E-state index is 13.3. The van der Waals surface area contributed by atoms with Crippen molar-refractivity contribution in [1.82, 2.24) is 9.97 Å². The number of ether oxygens (including phenoxy) is 1. The minimum Gasteiger partial charge on any atom is -0.497 e. The van der Waals surface area contributed by atoms with Crippen LogP contribution in [-0.2, 0) is 0 Å². The third kappa shape index (κ3) is 2.49. The Bertz CT molecular complexity index is 493. The van der Waals surface area contributed by atoms with Gasteiger partial charge in [-0.2, -0.15) is 0 Å². The Morgan fingerprint density at radius 2 is 2.25 bits per heavy atom. The van der Waals surface area contributed by atoms with E-state index in [2.05, 4.69) is 9.97 Å². The number of hydrogen-bond acceptors (Lipinski definition) is 4. The van der Waals surface area contributed by atoms with Crippen molar-refractivity contribution in [3.8, 4) is 5.75 Å². The van der Waals surface area contributed by atoms with E-state index in [1.807, 2.05) is 24.3 Å². The van der Waals surface area contributed by atoms with Crippen LogP contribution >= 0.6 is 11.8 Å². The summed E-state index contributed by atoms with van der Waals surface area (Å²) in [5.74, 6) is 0.315. The lowest BCUT2D eigenvalue weighted by atomic mass is 10.3. The van der Waals surface area contributed by atoms with Crippen LogP contribution in [0.15, 0.2) is 46.7 Å². The summed E-state index contributed by atoms with van der Waals surface area (Å²) < 4.78 is 18.4. The number of benzene rings is 1. The fourth-order valence-electron chi connectivity index (χ4n) is 1.15. The summed E-state index contributed by atoms with van der Waals surface area (Å²) in [6, 6.07) is 7.38. The molecule has 1 heterocycles. The van der Waals surface area contributed by atoms with E-state index in [0.717, 1.165) is 16.8 Å². The second-order valence-corrected chi connectivity index (χ2v) is 4.02. The summed E-state index contributed by atoms with van der Waals surface area (Å²) >= 11 is 1.24. The average Bonchev–Trinajstić information content (AvgIpc) is 2.32. The molecule has 0 N–H and O–H groups in total. The quantitative estimate of drug-likeness (QED) is 0.767. The van der Waals surface area contributed by atoms with E-state index in [1.165, 1.54) is 18.1 Å². The Labute approximate surface area is 96.7 Å². The van der Waals surface area contributed by atoms with Crippen LogP contribution < -0.4 is 4.74 Å². The van der Waals surface area contributed by atoms with Crippen LogP contribution in [-0.4, -0.2) is 17.1 Å². The highest BCUT2D eigenvalue weighted by molar-refractivity contribution is 7.99. The van der Waals surface area contributed by atoms with Gasteiger partial charge in [0.2, 0.25) is 0 Å². The summed E-state index contributed by atoms with van der Waals surface area (Å²) in [7, 11) is 1.59. The summed E-state index contributed by atoms with van der Waals surface area (Å²) in [5, 5.41) is 0.309. The molecule has 0 bridgehead atoms. The topological polar surface area (TPSA) is 35.0 Å². The molecule has 5 heteroatoms. The van der Waals surface area contributed by atoms with Crippen molar-refractivity contribution in [2.75, 3.05) is 7.11 Å². The molecule has 2 aromatic rings. The summed E-state index contributed by atoms with van der Waals surface area (Å²) in [6.07, 6.45) is 2.47. The van der Waals surface area contributed by atoms with Gasteiger partial charge in [0, 0.05) is 4.90 Å². The highest BCUT2D eigenvalue weighted by Crippen LogP contribution is 2.29. The molecule has 0 saturated carbocycles. The Balaban J connectivity index is 2.24. The number of rotatable bonds is 3. The second-order valence-electron chi connectivity index (χ2n) is 2.96. The first kappa shape index (κ1) is 10.9. The first-order chi connectivity index (χ1) is 7.79. The van der Waals surface area contributed by atoms with Gasteiger partial charge in [-0.25, -0.2) is 14.4 Å². The molecule has 0 fully saturated rings. The Morgan fingerprint density at radius 3 is 3.00 bits per heavy atom. The first-order valence-electron chi connectivity index (χ1n) is 4.57. The normalized spacial score (nSPS) is 10.1. The molecule has 0 atom stereocenters. The molecule has 2 rings (SSSR count). The number of aromatic nitrogens is 2. The maximum Gasteiger partial charge on any atom is 0.174 e. The van der Waals surface area contributed by atoms with Crippen LogP contribution in [0.2, 0.25) is 0 Å². The van der Waals surface area contributed by atoms with E-state index in [1.54, 1.807) is 7.11 Å². The van der Waals surface area contributed by atoms with E-state index in [9.17, 15) is 4.39 Å². The minimum atomic E-state index is -0.421. The van der Waals surface area contributed by atoms with Gasteiger partial charge in [-0.15, -0.1) is 0 Å². The summed E-state index contributed by atoms with van der Waals surface area (Å²) in [5.41, 5.74) is 0. The van der Waals surface area contributed by atoms with Crippen molar-refractivity contribution >= 4 is 11.8 Å². The van der Waals surface area contributed by atoms with E-state index in [4.69, 9.17) is 4.74 Å². The molecule has 0 saturated heterocycles. The van der Waals surface area contributed by atoms with Crippen molar-refractivity contribution in [3.63, 3.8) is 0 Å². The zero-order valence-electron chi connectivity index (χ0n) is 8.55. The van der Waals surface area contributed by atoms with Crippen molar-refractivity contribution < 1.29 is 9.13 Å². The minimum absolute atomic E-state index is 0.309. The first-order valence-corrected chi connectivity index (χ1v) is 5.38. The van der Waals surface area contributed by atoms with Crippen molar-refractivity contribution in [1.29, 1.82) is 0 Å². The van der Waals surface area contributed by atoms with Crippen LogP contribution in [0.4, 0.5) is 4.39 Å². The monoisotopic (exact) mass is 236 g/mol. The van der Waals surface area contributed by atoms with Gasteiger partial charge in [0.15, 0.2) is 5.82 Å². The molecule has 16 heavy (non-hydrogen) atoms. The molecule has 82 valence electrons. The fraction of sp³-hybridized carbons (Fsp3) is 0.0909. The molecule has 0 aliphatic heterocycles. The maximum absolute atomic E-state index is 13.3. The van der Waals surface area contributed by atoms with Crippen molar-refractivity contribution in [3.05, 3.63) is 42.6 Å². The van der Waals surface area contributed by atoms with Gasteiger partial charge in [0.05, 0.1) is 13.3 Å². The fourth-order valence-corrected chi connectivity index (χ4v) is 1.95. The van der Waals surface area contributed by atoms with E-state index in [0.29, 0.717) is 5.03 Å². The molecular formula is C11H9FN2OS. The number of hydrogen-bond donors (Lipinski definition) is 0.